The number of hydrogen-bond acceptors (Lipinski definition) is 4. The lowest BCUT2D eigenvalue weighted by Crippen LogP contribution is -2.31. The second-order valence-electron chi connectivity index (χ2n) is 8.43. The van der Waals surface area contributed by atoms with Crippen molar-refractivity contribution in [2.75, 3.05) is 25.5 Å². The van der Waals surface area contributed by atoms with Gasteiger partial charge in [-0.15, -0.1) is 5.10 Å². The summed E-state index contributed by atoms with van der Waals surface area (Å²) in [5, 5.41) is 10.1. The van der Waals surface area contributed by atoms with E-state index in [9.17, 15) is 31.1 Å². The maximum absolute atomic E-state index is 14.8. The van der Waals surface area contributed by atoms with Crippen molar-refractivity contribution >= 4 is 11.6 Å². The number of rotatable bonds is 5. The molecule has 2 aromatic carbocycles. The molecule has 1 N–H and O–H groups in total. The Morgan fingerprint density at radius 2 is 1.77 bits per heavy atom. The summed E-state index contributed by atoms with van der Waals surface area (Å²) in [6.45, 7) is 1.72. The summed E-state index contributed by atoms with van der Waals surface area (Å²) in [4.78, 5) is 14.4. The first kappa shape index (κ1) is 24.7. The number of nitrogens with zero attached hydrogens (tertiary/aromatic N) is 4. The molecule has 0 bridgehead atoms. The molecule has 35 heavy (non-hydrogen) atoms. The zero-order chi connectivity index (χ0) is 25.3. The number of hydrogen-bond donors (Lipinski definition) is 1. The molecule has 0 aliphatic carbocycles. The number of nitrogens with one attached hydrogen (secondary N) is 1. The lowest BCUT2D eigenvalue weighted by atomic mass is 10.1. The van der Waals surface area contributed by atoms with Gasteiger partial charge in [-0.2, -0.15) is 13.2 Å². The van der Waals surface area contributed by atoms with Gasteiger partial charge in [0.05, 0.1) is 29.8 Å². The van der Waals surface area contributed by atoms with Crippen LogP contribution >= 0.6 is 0 Å². The Kier molecular flexibility index (Phi) is 6.84. The van der Waals surface area contributed by atoms with Crippen LogP contribution in [-0.4, -0.2) is 45.9 Å². The van der Waals surface area contributed by atoms with Crippen molar-refractivity contribution in [3.63, 3.8) is 0 Å². The van der Waals surface area contributed by atoms with Crippen LogP contribution in [0.3, 0.4) is 0 Å². The Bertz CT molecular complexity index is 1210. The molecule has 1 amide bonds. The average Bonchev–Trinajstić information content (AvgIpc) is 3.24. The second kappa shape index (κ2) is 9.68. The summed E-state index contributed by atoms with van der Waals surface area (Å²) in [7, 11) is 2.00. The van der Waals surface area contributed by atoms with Crippen molar-refractivity contribution in [3.8, 4) is 11.3 Å². The summed E-state index contributed by atoms with van der Waals surface area (Å²) in [5.74, 6) is -4.54. The highest BCUT2D eigenvalue weighted by Gasteiger charge is 2.35. The van der Waals surface area contributed by atoms with E-state index in [2.05, 4.69) is 20.5 Å². The molecule has 186 valence electrons. The van der Waals surface area contributed by atoms with Crippen LogP contribution in [0.1, 0.15) is 30.0 Å². The number of benzene rings is 2. The number of carbonyl (C=O) groups is 1. The molecule has 1 aromatic heterocycles. The molecular formula is C23H21F6N5O. The number of aromatic nitrogens is 3. The second-order valence-corrected chi connectivity index (χ2v) is 8.43. The SMILES string of the molecule is CN1CCC(n2cc(-c3c(F)cc(NC(=O)Cc4cccc(C(F)(F)F)c4F)cc3F)nn2)CC1. The van der Waals surface area contributed by atoms with Gasteiger partial charge in [-0.3, -0.25) is 4.79 Å². The number of piperidine rings is 1. The number of anilines is 1. The maximum Gasteiger partial charge on any atom is 0.419 e. The van der Waals surface area contributed by atoms with Gasteiger partial charge in [0.25, 0.3) is 0 Å². The Labute approximate surface area is 196 Å². The third kappa shape index (κ3) is 5.47. The molecule has 0 unspecified atom stereocenters. The van der Waals surface area contributed by atoms with E-state index in [4.69, 9.17) is 0 Å². The molecule has 12 heteroatoms. The molecule has 1 aliphatic rings. The zero-order valence-corrected chi connectivity index (χ0v) is 18.5. The topological polar surface area (TPSA) is 63.0 Å². The first-order chi connectivity index (χ1) is 16.5. The zero-order valence-electron chi connectivity index (χ0n) is 18.5. The monoisotopic (exact) mass is 497 g/mol. The lowest BCUT2D eigenvalue weighted by molar-refractivity contribution is -0.140. The van der Waals surface area contributed by atoms with Gasteiger partial charge in [-0.25, -0.2) is 17.9 Å². The van der Waals surface area contributed by atoms with Gasteiger partial charge in [-0.1, -0.05) is 17.3 Å². The fraction of sp³-hybridized carbons (Fsp3) is 0.348. The minimum Gasteiger partial charge on any atom is -0.326 e. The van der Waals surface area contributed by atoms with Crippen LogP contribution in [0.4, 0.5) is 32.0 Å². The first-order valence-corrected chi connectivity index (χ1v) is 10.8. The Morgan fingerprint density at radius 1 is 1.11 bits per heavy atom. The van der Waals surface area contributed by atoms with E-state index in [0.717, 1.165) is 50.2 Å². The van der Waals surface area contributed by atoms with Gasteiger partial charge in [0.2, 0.25) is 5.91 Å². The predicted molar refractivity (Wildman–Crippen MR) is 115 cm³/mol. The quantitative estimate of drug-likeness (QED) is 0.513. The Balaban J connectivity index is 1.48. The van der Waals surface area contributed by atoms with Crippen LogP contribution < -0.4 is 5.32 Å². The Morgan fingerprint density at radius 3 is 2.40 bits per heavy atom. The molecule has 4 rings (SSSR count). The molecule has 0 saturated carbocycles. The number of carbonyl (C=O) groups excluding carboxylic acids is 1. The summed E-state index contributed by atoms with van der Waals surface area (Å²) in [5.41, 5.74) is -2.71. The summed E-state index contributed by atoms with van der Waals surface area (Å²) in [6.07, 6.45) is -2.57. The molecule has 0 spiro atoms. The third-order valence-corrected chi connectivity index (χ3v) is 5.89. The van der Waals surface area contributed by atoms with Crippen molar-refractivity contribution in [2.45, 2.75) is 31.5 Å². The highest BCUT2D eigenvalue weighted by molar-refractivity contribution is 5.92. The summed E-state index contributed by atoms with van der Waals surface area (Å²) in [6, 6.07) is 4.33. The van der Waals surface area contributed by atoms with E-state index >= 15 is 0 Å². The van der Waals surface area contributed by atoms with Gasteiger partial charge in [0.1, 0.15) is 23.1 Å². The largest absolute Gasteiger partial charge is 0.419 e. The minimum atomic E-state index is -4.92. The minimum absolute atomic E-state index is 0.0113. The van der Waals surface area contributed by atoms with Crippen LogP contribution in [0.5, 0.6) is 0 Å². The summed E-state index contributed by atoms with van der Waals surface area (Å²) < 4.78 is 83.9. The molecule has 6 nitrogen and oxygen atoms in total. The van der Waals surface area contributed by atoms with E-state index < -0.39 is 52.6 Å². The average molecular weight is 497 g/mol. The van der Waals surface area contributed by atoms with Crippen molar-refractivity contribution in [3.05, 3.63) is 65.1 Å². The smallest absolute Gasteiger partial charge is 0.326 e. The summed E-state index contributed by atoms with van der Waals surface area (Å²) >= 11 is 0. The van der Waals surface area contributed by atoms with E-state index in [1.165, 1.54) is 6.20 Å². The van der Waals surface area contributed by atoms with Gasteiger partial charge < -0.3 is 10.2 Å². The van der Waals surface area contributed by atoms with Crippen LogP contribution in [-0.2, 0) is 17.4 Å². The molecule has 0 atom stereocenters. The molecule has 3 aromatic rings. The highest BCUT2D eigenvalue weighted by Crippen LogP contribution is 2.33. The van der Waals surface area contributed by atoms with Crippen molar-refractivity contribution in [1.29, 1.82) is 0 Å². The van der Waals surface area contributed by atoms with E-state index in [0.29, 0.717) is 6.07 Å². The molecular weight excluding hydrogens is 476 g/mol. The predicted octanol–water partition coefficient (Wildman–Crippen LogP) is 4.83. The normalized spacial score (nSPS) is 15.4. The third-order valence-electron chi connectivity index (χ3n) is 5.89. The van der Waals surface area contributed by atoms with Crippen molar-refractivity contribution in [1.82, 2.24) is 19.9 Å². The molecule has 1 aliphatic heterocycles. The molecule has 1 saturated heterocycles. The van der Waals surface area contributed by atoms with Gasteiger partial charge in [0.15, 0.2) is 0 Å². The Hall–Kier alpha value is -3.41. The van der Waals surface area contributed by atoms with Crippen LogP contribution in [0.15, 0.2) is 36.5 Å². The molecule has 0 radical (unpaired) electrons. The maximum atomic E-state index is 14.8. The molecule has 2 heterocycles. The highest BCUT2D eigenvalue weighted by atomic mass is 19.4. The lowest BCUT2D eigenvalue weighted by Gasteiger charge is -2.28. The van der Waals surface area contributed by atoms with E-state index in [1.54, 1.807) is 4.68 Å². The standard InChI is InChI=1S/C23H21F6N5O/c1-33-7-5-15(6-8-33)34-12-19(31-32-34)21-17(24)10-14(11-18(21)25)30-20(35)9-13-3-2-4-16(22(13)26)23(27,28)29/h2-4,10-12,15H,5-9H2,1H3,(H,30,35). The van der Waals surface area contributed by atoms with Crippen molar-refractivity contribution in [2.24, 2.45) is 0 Å². The fourth-order valence-corrected chi connectivity index (χ4v) is 4.03. The van der Waals surface area contributed by atoms with Crippen LogP contribution in [0.2, 0.25) is 0 Å². The van der Waals surface area contributed by atoms with Gasteiger partial charge in [0, 0.05) is 5.69 Å². The van der Waals surface area contributed by atoms with Gasteiger partial charge in [-0.05, 0) is 56.7 Å². The fourth-order valence-electron chi connectivity index (χ4n) is 4.03. The number of amides is 1. The van der Waals surface area contributed by atoms with Gasteiger partial charge >= 0.3 is 6.18 Å². The molecule has 1 fully saturated rings. The van der Waals surface area contributed by atoms with E-state index in [1.807, 2.05) is 7.05 Å². The van der Waals surface area contributed by atoms with Crippen LogP contribution in [0.25, 0.3) is 11.3 Å². The number of halogens is 6. The first-order valence-electron chi connectivity index (χ1n) is 10.8. The van der Waals surface area contributed by atoms with E-state index in [-0.39, 0.29) is 17.4 Å². The van der Waals surface area contributed by atoms with Crippen molar-refractivity contribution < 1.29 is 31.1 Å². The number of likely N-dealkylation sites (tertiary alicyclic amines) is 1. The van der Waals surface area contributed by atoms with Crippen LogP contribution in [0, 0.1) is 17.5 Å². The number of alkyl halides is 3.